The first kappa shape index (κ1) is 50.8. The Kier molecular flexibility index (Phi) is 10.9. The zero-order valence-electron chi connectivity index (χ0n) is 49.8. The third kappa shape index (κ3) is 7.01. The largest absolute Gasteiger partial charge is 0.376 e. The zero-order valence-corrected chi connectivity index (χ0v) is 50.8. The van der Waals surface area contributed by atoms with Gasteiger partial charge in [-0.25, -0.2) is 0 Å². The summed E-state index contributed by atoms with van der Waals surface area (Å²) >= 11 is 0. The van der Waals surface area contributed by atoms with Crippen molar-refractivity contribution < 1.29 is 0 Å². The lowest BCUT2D eigenvalue weighted by Gasteiger charge is -2.45. The lowest BCUT2D eigenvalue weighted by atomic mass is 9.43. The molecule has 7 heteroatoms. The van der Waals surface area contributed by atoms with Gasteiger partial charge in [0.25, 0.3) is 0 Å². The molecule has 0 fully saturated rings. The summed E-state index contributed by atoms with van der Waals surface area (Å²) in [5.74, 6) is 0. The Bertz CT molecular complexity index is 5220. The monoisotopic (exact) mass is 1170 g/mol. The molecule has 3 nitrogen and oxygen atoms in total. The van der Waals surface area contributed by atoms with Gasteiger partial charge in [0.1, 0.15) is 0 Å². The molecule has 0 saturated carbocycles. The second-order valence-electron chi connectivity index (χ2n) is 25.2. The van der Waals surface area contributed by atoms with Gasteiger partial charge in [0.15, 0.2) is 8.07 Å². The van der Waals surface area contributed by atoms with Crippen molar-refractivity contribution in [3.8, 4) is 77.9 Å². The normalized spacial score (nSPS) is 13.6. The van der Waals surface area contributed by atoms with Crippen LogP contribution in [0.4, 0.5) is 34.1 Å². The molecular formula is C84H54B3N3Si. The van der Waals surface area contributed by atoms with E-state index in [4.69, 9.17) is 0 Å². The molecule has 14 aromatic carbocycles. The summed E-state index contributed by atoms with van der Waals surface area (Å²) in [5, 5.41) is 5.35. The molecule has 6 aliphatic rings. The number of fused-ring (bicyclic) bond motifs is 33. The van der Waals surface area contributed by atoms with Crippen LogP contribution in [0.1, 0.15) is 0 Å². The van der Waals surface area contributed by atoms with Gasteiger partial charge in [0.2, 0.25) is 0 Å². The Labute approximate surface area is 532 Å². The fourth-order valence-corrected chi connectivity index (χ4v) is 22.4. The third-order valence-electron chi connectivity index (χ3n) is 21.0. The van der Waals surface area contributed by atoms with E-state index in [1.54, 1.807) is 0 Å². The molecular weight excluding hydrogens is 1110 g/mol. The molecule has 418 valence electrons. The molecule has 0 spiro atoms. The zero-order chi connectivity index (χ0) is 59.5. The standard InChI is InChI=1S/C84H54B3N3Si/c1-2-24-56(25-3-1)91(57-47-50-82-70(53-57)63-30-7-17-39-75(63)85-72-36-14-4-27-60(72)66-33-10-20-42-79(66)89(82)85,58-48-51-83-71(54-58)64-31-8-18-40-76(64)86-73-37-15-5-28-61(73)67-34-11-21-43-80(67)90(83)86)84-45-23-13-26-59(84)55-46-49-77-69(52-55)68-35-12-22-44-81(68)88-78-41-19-9-32-65(78)62-29-6-16-38-74(62)87(77)88/h1-54H. The lowest BCUT2D eigenvalue weighted by Crippen LogP contribution is -2.75. The van der Waals surface area contributed by atoms with Crippen molar-refractivity contribution in [3.63, 3.8) is 0 Å². The number of benzene rings is 14. The first-order valence-electron chi connectivity index (χ1n) is 32.0. The summed E-state index contributed by atoms with van der Waals surface area (Å²) in [5.41, 5.74) is 33.1. The Hall–Kier alpha value is -11.1. The number of hydrogen-bond acceptors (Lipinski definition) is 3. The molecule has 0 atom stereocenters. The van der Waals surface area contributed by atoms with Gasteiger partial charge in [-0.2, -0.15) is 0 Å². The molecule has 6 heterocycles. The second-order valence-corrected chi connectivity index (χ2v) is 29.0. The van der Waals surface area contributed by atoms with Crippen LogP contribution in [-0.4, -0.2) is 28.6 Å². The molecule has 0 bridgehead atoms. The number of anilines is 6. The first-order chi connectivity index (χ1) is 45.2. The van der Waals surface area contributed by atoms with E-state index in [1.165, 1.54) is 166 Å². The molecule has 0 saturated heterocycles. The van der Waals surface area contributed by atoms with Crippen LogP contribution >= 0.6 is 0 Å². The van der Waals surface area contributed by atoms with Crippen LogP contribution in [0.5, 0.6) is 0 Å². The van der Waals surface area contributed by atoms with E-state index < -0.39 is 8.07 Å². The average Bonchev–Trinajstić information content (AvgIpc) is 0.717. The van der Waals surface area contributed by atoms with Crippen LogP contribution in [-0.2, 0) is 0 Å². The quantitative estimate of drug-likeness (QED) is 0.126. The Morgan fingerprint density at radius 2 is 0.484 bits per heavy atom. The SMILES string of the molecule is c1ccc([Si](c2ccc3c(c2)-c2ccccc2B2c4ccccc4-c4ccccc4N23)(c2ccc3c(c2)-c2ccccc2B2c4ccccc4-c4ccccc4N23)c2ccccc2-c2ccc3c(c2)-c2ccccc2N2B3c3ccccc3-c3ccccc32)cc1. The van der Waals surface area contributed by atoms with E-state index in [2.05, 4.69) is 342 Å². The highest BCUT2D eigenvalue weighted by Crippen LogP contribution is 2.50. The fraction of sp³-hybridized carbons (Fsp3) is 0. The smallest absolute Gasteiger partial charge is 0.329 e. The van der Waals surface area contributed by atoms with E-state index in [-0.39, 0.29) is 20.5 Å². The summed E-state index contributed by atoms with van der Waals surface area (Å²) in [4.78, 5) is 7.90. The van der Waals surface area contributed by atoms with Crippen LogP contribution in [0.25, 0.3) is 77.9 Å². The van der Waals surface area contributed by atoms with E-state index in [0.29, 0.717) is 0 Å². The van der Waals surface area contributed by atoms with Crippen LogP contribution in [0.15, 0.2) is 328 Å². The fourth-order valence-electron chi connectivity index (χ4n) is 17.4. The lowest BCUT2D eigenvalue weighted by molar-refractivity contribution is 1.35. The van der Waals surface area contributed by atoms with Gasteiger partial charge in [-0.15, -0.1) is 0 Å². The van der Waals surface area contributed by atoms with Crippen molar-refractivity contribution in [1.29, 1.82) is 0 Å². The molecule has 0 radical (unpaired) electrons. The van der Waals surface area contributed by atoms with Crippen molar-refractivity contribution in [1.82, 2.24) is 0 Å². The highest BCUT2D eigenvalue weighted by molar-refractivity contribution is 7.20. The topological polar surface area (TPSA) is 9.72 Å². The van der Waals surface area contributed by atoms with Gasteiger partial charge in [0.05, 0.1) is 0 Å². The molecule has 14 aromatic rings. The van der Waals surface area contributed by atoms with Gasteiger partial charge >= 0.3 is 20.5 Å². The van der Waals surface area contributed by atoms with E-state index >= 15 is 0 Å². The summed E-state index contributed by atoms with van der Waals surface area (Å²) in [7, 11) is -3.50. The van der Waals surface area contributed by atoms with Crippen molar-refractivity contribution in [2.75, 3.05) is 14.4 Å². The highest BCUT2D eigenvalue weighted by atomic mass is 28.3. The number of hydrogen-bond donors (Lipinski definition) is 0. The summed E-state index contributed by atoms with van der Waals surface area (Å²) in [6.07, 6.45) is 0. The maximum Gasteiger partial charge on any atom is 0.329 e. The highest BCUT2D eigenvalue weighted by Gasteiger charge is 2.49. The first-order valence-corrected chi connectivity index (χ1v) is 34.0. The van der Waals surface area contributed by atoms with Gasteiger partial charge in [-0.05, 0) is 140 Å². The minimum absolute atomic E-state index is 0.00489. The Balaban J connectivity index is 0.862. The van der Waals surface area contributed by atoms with Crippen molar-refractivity contribution >= 4 is 116 Å². The Morgan fingerprint density at radius 3 is 0.890 bits per heavy atom. The molecule has 0 N–H and O–H groups in total. The molecule has 91 heavy (non-hydrogen) atoms. The minimum Gasteiger partial charge on any atom is -0.376 e. The predicted octanol–water partition coefficient (Wildman–Crippen LogP) is 13.4. The Morgan fingerprint density at radius 1 is 0.187 bits per heavy atom. The van der Waals surface area contributed by atoms with Gasteiger partial charge in [0, 0.05) is 67.5 Å². The maximum absolute atomic E-state index is 3.50. The van der Waals surface area contributed by atoms with E-state index in [9.17, 15) is 0 Å². The molecule has 0 aromatic heterocycles. The molecule has 0 amide bonds. The van der Waals surface area contributed by atoms with Gasteiger partial charge < -0.3 is 14.4 Å². The number of nitrogens with zero attached hydrogens (tertiary/aromatic N) is 3. The predicted molar refractivity (Wildman–Crippen MR) is 389 cm³/mol. The van der Waals surface area contributed by atoms with Crippen LogP contribution in [0, 0.1) is 0 Å². The second kappa shape index (κ2) is 19.4. The van der Waals surface area contributed by atoms with Crippen molar-refractivity contribution in [2.45, 2.75) is 0 Å². The summed E-state index contributed by atoms with van der Waals surface area (Å²) in [6, 6.07) is 126. The van der Waals surface area contributed by atoms with Crippen molar-refractivity contribution in [2.24, 2.45) is 0 Å². The molecule has 0 unspecified atom stereocenters. The van der Waals surface area contributed by atoms with Crippen molar-refractivity contribution in [3.05, 3.63) is 328 Å². The van der Waals surface area contributed by atoms with E-state index in [1.807, 2.05) is 0 Å². The average molecular weight is 1170 g/mol. The third-order valence-corrected chi connectivity index (χ3v) is 25.8. The maximum atomic E-state index is 2.65. The molecule has 0 aliphatic carbocycles. The van der Waals surface area contributed by atoms with Crippen LogP contribution < -0.4 is 68.0 Å². The molecule has 20 rings (SSSR count). The molecule has 6 aliphatic heterocycles. The minimum atomic E-state index is -3.50. The van der Waals surface area contributed by atoms with Gasteiger partial charge in [-0.1, -0.05) is 285 Å². The summed E-state index contributed by atoms with van der Waals surface area (Å²) < 4.78 is 0. The number of rotatable bonds is 5. The van der Waals surface area contributed by atoms with E-state index in [0.717, 1.165) is 0 Å². The van der Waals surface area contributed by atoms with Crippen LogP contribution in [0.2, 0.25) is 0 Å². The van der Waals surface area contributed by atoms with Gasteiger partial charge in [-0.3, -0.25) is 0 Å². The number of para-hydroxylation sites is 4. The van der Waals surface area contributed by atoms with Crippen LogP contribution in [0.3, 0.4) is 0 Å². The summed E-state index contributed by atoms with van der Waals surface area (Å²) in [6.45, 7) is 0.00803.